The monoisotopic (exact) mass is 443 g/mol. The molecule has 0 unspecified atom stereocenters. The lowest BCUT2D eigenvalue weighted by atomic mass is 9.80. The molecule has 1 amide bonds. The molecule has 0 saturated heterocycles. The van der Waals surface area contributed by atoms with Gasteiger partial charge in [-0.15, -0.1) is 0 Å². The van der Waals surface area contributed by atoms with Crippen molar-refractivity contribution in [3.05, 3.63) is 77.3 Å². The van der Waals surface area contributed by atoms with Crippen LogP contribution in [0, 0.1) is 11.7 Å². The number of allylic oxidation sites excluding steroid dienone is 1. The number of carbonyl (C=O) groups excluding carboxylic acids is 1. The van der Waals surface area contributed by atoms with Gasteiger partial charge in [-0.2, -0.15) is 0 Å². The smallest absolute Gasteiger partial charge is 0.286 e. The van der Waals surface area contributed by atoms with Crippen LogP contribution in [0.2, 0.25) is 0 Å². The first-order valence-corrected chi connectivity index (χ1v) is 10.8. The zero-order chi connectivity index (χ0) is 22.9. The van der Waals surface area contributed by atoms with Gasteiger partial charge in [-0.25, -0.2) is 4.39 Å². The van der Waals surface area contributed by atoms with Crippen molar-refractivity contribution in [3.8, 4) is 5.75 Å². The van der Waals surface area contributed by atoms with Crippen LogP contribution >= 0.6 is 0 Å². The van der Waals surface area contributed by atoms with Crippen molar-refractivity contribution < 1.29 is 28.5 Å². The molecule has 0 aromatic heterocycles. The van der Waals surface area contributed by atoms with Crippen LogP contribution in [0.1, 0.15) is 36.8 Å². The Bertz CT molecular complexity index is 898. The minimum absolute atomic E-state index is 0.0656. The molecule has 0 aliphatic carbocycles. The number of halogens is 1. The van der Waals surface area contributed by atoms with E-state index in [1.807, 2.05) is 37.3 Å². The molecule has 6 nitrogen and oxygen atoms in total. The Hall–Kier alpha value is -2.90. The summed E-state index contributed by atoms with van der Waals surface area (Å²) < 4.78 is 30.2. The number of nitrogens with one attached hydrogen (secondary N) is 1. The van der Waals surface area contributed by atoms with Crippen molar-refractivity contribution in [3.63, 3.8) is 0 Å². The average Bonchev–Trinajstić information content (AvgIpc) is 2.82. The van der Waals surface area contributed by atoms with Gasteiger partial charge in [0.2, 0.25) is 6.29 Å². The van der Waals surface area contributed by atoms with E-state index in [1.54, 1.807) is 19.2 Å². The minimum Gasteiger partial charge on any atom is -0.497 e. The van der Waals surface area contributed by atoms with Crippen molar-refractivity contribution in [2.75, 3.05) is 20.3 Å². The number of ether oxygens (including phenoxy) is 3. The summed E-state index contributed by atoms with van der Waals surface area (Å²) in [6, 6.07) is 13.7. The molecular weight excluding hydrogens is 413 g/mol. The number of aliphatic hydroxyl groups excluding tert-OH is 1. The van der Waals surface area contributed by atoms with E-state index in [1.165, 1.54) is 12.1 Å². The first-order valence-electron chi connectivity index (χ1n) is 10.8. The Morgan fingerprint density at radius 3 is 2.50 bits per heavy atom. The molecule has 1 aliphatic heterocycles. The predicted molar refractivity (Wildman–Crippen MR) is 118 cm³/mol. The fourth-order valence-corrected chi connectivity index (χ4v) is 3.84. The SMILES string of the molecule is CCO[C@@H]1OC(C(=O)NCc2ccc(F)cc2)=C[C@H](c2ccc(OC)cc2)[C@H]1CCCO. The fraction of sp³-hybridized carbons (Fsp3) is 0.400. The van der Waals surface area contributed by atoms with Gasteiger partial charge in [0.05, 0.1) is 7.11 Å². The average molecular weight is 444 g/mol. The molecule has 172 valence electrons. The number of aliphatic hydroxyl groups is 1. The third-order valence-electron chi connectivity index (χ3n) is 5.50. The van der Waals surface area contributed by atoms with Crippen LogP contribution in [0.4, 0.5) is 4.39 Å². The Morgan fingerprint density at radius 2 is 1.88 bits per heavy atom. The summed E-state index contributed by atoms with van der Waals surface area (Å²) in [6.45, 7) is 2.63. The van der Waals surface area contributed by atoms with Crippen LogP contribution in [0.3, 0.4) is 0 Å². The van der Waals surface area contributed by atoms with Gasteiger partial charge in [-0.1, -0.05) is 24.3 Å². The highest BCUT2D eigenvalue weighted by molar-refractivity contribution is 5.91. The third-order valence-corrected chi connectivity index (χ3v) is 5.50. The topological polar surface area (TPSA) is 77.0 Å². The Kier molecular flexibility index (Phi) is 8.64. The summed E-state index contributed by atoms with van der Waals surface area (Å²) >= 11 is 0. The number of hydrogen-bond acceptors (Lipinski definition) is 5. The van der Waals surface area contributed by atoms with Gasteiger partial charge in [0.25, 0.3) is 5.91 Å². The van der Waals surface area contributed by atoms with Crippen LogP contribution in [-0.2, 0) is 20.8 Å². The summed E-state index contributed by atoms with van der Waals surface area (Å²) in [4.78, 5) is 12.9. The molecule has 0 bridgehead atoms. The number of carbonyl (C=O) groups is 1. The zero-order valence-electron chi connectivity index (χ0n) is 18.4. The van der Waals surface area contributed by atoms with E-state index in [0.717, 1.165) is 16.9 Å². The van der Waals surface area contributed by atoms with Crippen molar-refractivity contribution in [1.82, 2.24) is 5.32 Å². The maximum absolute atomic E-state index is 13.1. The molecule has 0 saturated carbocycles. The van der Waals surface area contributed by atoms with Gasteiger partial charge in [-0.05, 0) is 61.2 Å². The highest BCUT2D eigenvalue weighted by atomic mass is 19.1. The first kappa shape index (κ1) is 23.8. The summed E-state index contributed by atoms with van der Waals surface area (Å²) in [6.07, 6.45) is 2.48. The Morgan fingerprint density at radius 1 is 1.16 bits per heavy atom. The van der Waals surface area contributed by atoms with Crippen LogP contribution in [0.15, 0.2) is 60.4 Å². The van der Waals surface area contributed by atoms with E-state index in [-0.39, 0.29) is 42.5 Å². The van der Waals surface area contributed by atoms with E-state index in [4.69, 9.17) is 14.2 Å². The van der Waals surface area contributed by atoms with Crippen molar-refractivity contribution >= 4 is 5.91 Å². The molecule has 1 heterocycles. The van der Waals surface area contributed by atoms with Gasteiger partial charge in [0.1, 0.15) is 11.6 Å². The molecule has 2 N–H and O–H groups in total. The summed E-state index contributed by atoms with van der Waals surface area (Å²) in [5.41, 5.74) is 1.79. The first-order chi connectivity index (χ1) is 15.5. The number of rotatable bonds is 10. The molecule has 2 aromatic rings. The minimum atomic E-state index is -0.616. The molecular formula is C25H30FNO5. The zero-order valence-corrected chi connectivity index (χ0v) is 18.4. The van der Waals surface area contributed by atoms with Crippen LogP contribution in [0.25, 0.3) is 0 Å². The summed E-state index contributed by atoms with van der Waals surface area (Å²) in [7, 11) is 1.61. The van der Waals surface area contributed by atoms with Crippen LogP contribution in [0.5, 0.6) is 5.75 Å². The van der Waals surface area contributed by atoms with E-state index in [2.05, 4.69) is 5.32 Å². The predicted octanol–water partition coefficient (Wildman–Crippen LogP) is 3.90. The molecule has 3 atom stereocenters. The Balaban J connectivity index is 1.84. The number of hydrogen-bond donors (Lipinski definition) is 2. The molecule has 2 aromatic carbocycles. The highest BCUT2D eigenvalue weighted by Gasteiger charge is 2.37. The second-order valence-corrected chi connectivity index (χ2v) is 7.61. The molecule has 7 heteroatoms. The molecule has 0 spiro atoms. The number of amides is 1. The maximum Gasteiger partial charge on any atom is 0.286 e. The van der Waals surface area contributed by atoms with Crippen molar-refractivity contribution in [2.45, 2.75) is 38.5 Å². The lowest BCUT2D eigenvalue weighted by molar-refractivity contribution is -0.166. The maximum atomic E-state index is 13.1. The highest BCUT2D eigenvalue weighted by Crippen LogP contribution is 2.39. The number of benzene rings is 2. The second kappa shape index (κ2) is 11.6. The van der Waals surface area contributed by atoms with Crippen LogP contribution in [-0.4, -0.2) is 37.6 Å². The standard InChI is InChI=1S/C25H30FNO5/c1-3-31-25-21(5-4-14-28)22(18-8-12-20(30-2)13-9-18)15-23(32-25)24(29)27-16-17-6-10-19(26)11-7-17/h6-13,15,21-22,25,28H,3-5,14,16H2,1-2H3,(H,27,29)/t21-,22-,25-/m1/s1. The lowest BCUT2D eigenvalue weighted by Gasteiger charge is -2.37. The van der Waals surface area contributed by atoms with Crippen molar-refractivity contribution in [2.24, 2.45) is 5.92 Å². The van der Waals surface area contributed by atoms with E-state index >= 15 is 0 Å². The van der Waals surface area contributed by atoms with Crippen molar-refractivity contribution in [1.29, 1.82) is 0 Å². The van der Waals surface area contributed by atoms with E-state index in [0.29, 0.717) is 19.4 Å². The van der Waals surface area contributed by atoms with Gasteiger partial charge in [0.15, 0.2) is 5.76 Å². The molecule has 32 heavy (non-hydrogen) atoms. The second-order valence-electron chi connectivity index (χ2n) is 7.61. The molecule has 1 aliphatic rings. The van der Waals surface area contributed by atoms with E-state index < -0.39 is 6.29 Å². The fourth-order valence-electron chi connectivity index (χ4n) is 3.84. The third kappa shape index (κ3) is 6.08. The number of methoxy groups -OCH3 is 1. The largest absolute Gasteiger partial charge is 0.497 e. The lowest BCUT2D eigenvalue weighted by Crippen LogP contribution is -2.39. The summed E-state index contributed by atoms with van der Waals surface area (Å²) in [5, 5.41) is 12.2. The van der Waals surface area contributed by atoms with Gasteiger partial charge >= 0.3 is 0 Å². The normalized spacial score (nSPS) is 20.2. The van der Waals surface area contributed by atoms with Gasteiger partial charge < -0.3 is 24.6 Å². The van der Waals surface area contributed by atoms with Gasteiger partial charge in [0, 0.05) is 31.6 Å². The quantitative estimate of drug-likeness (QED) is 0.583. The molecule has 3 rings (SSSR count). The molecule has 0 fully saturated rings. The van der Waals surface area contributed by atoms with E-state index in [9.17, 15) is 14.3 Å². The van der Waals surface area contributed by atoms with Crippen LogP contribution < -0.4 is 10.1 Å². The van der Waals surface area contributed by atoms with Gasteiger partial charge in [-0.3, -0.25) is 4.79 Å². The summed E-state index contributed by atoms with van der Waals surface area (Å²) in [5.74, 6) is 0.0442. The Labute approximate surface area is 188 Å². The molecule has 0 radical (unpaired) electrons.